The Labute approximate surface area is 183 Å². The zero-order chi connectivity index (χ0) is 21.0. The summed E-state index contributed by atoms with van der Waals surface area (Å²) < 4.78 is 13.3. The summed E-state index contributed by atoms with van der Waals surface area (Å²) in [6.07, 6.45) is 3.79. The van der Waals surface area contributed by atoms with E-state index in [0.29, 0.717) is 23.3 Å². The third kappa shape index (κ3) is 4.35. The van der Waals surface area contributed by atoms with Crippen LogP contribution in [0, 0.1) is 0 Å². The van der Waals surface area contributed by atoms with Gasteiger partial charge in [-0.2, -0.15) is 0 Å². The number of hydrogen-bond donors (Lipinski definition) is 1. The normalized spacial score (nSPS) is 16.1. The van der Waals surface area contributed by atoms with Gasteiger partial charge in [0.05, 0.1) is 24.7 Å². The Bertz CT molecular complexity index is 1180. The minimum atomic E-state index is -0.0902. The van der Waals surface area contributed by atoms with Crippen LogP contribution in [-0.2, 0) is 16.1 Å². The maximum absolute atomic E-state index is 12.7. The quantitative estimate of drug-likeness (QED) is 0.428. The van der Waals surface area contributed by atoms with Crippen molar-refractivity contribution in [3.63, 3.8) is 0 Å². The Balaban J connectivity index is 1.32. The van der Waals surface area contributed by atoms with E-state index in [1.165, 1.54) is 11.8 Å². The predicted octanol–water partition coefficient (Wildman–Crippen LogP) is 4.60. The van der Waals surface area contributed by atoms with Crippen molar-refractivity contribution in [3.8, 4) is 11.6 Å². The summed E-state index contributed by atoms with van der Waals surface area (Å²) in [5.74, 6) is 1.44. The van der Waals surface area contributed by atoms with Gasteiger partial charge in [-0.25, -0.2) is 0 Å². The Kier molecular flexibility index (Phi) is 5.73. The average molecular weight is 435 g/mol. The number of nitrogens with zero attached hydrogens (tertiary/aromatic N) is 3. The first-order valence-corrected chi connectivity index (χ1v) is 11.3. The summed E-state index contributed by atoms with van der Waals surface area (Å²) >= 11 is 1.36. The molecule has 31 heavy (non-hydrogen) atoms. The Morgan fingerprint density at radius 3 is 2.87 bits per heavy atom. The number of ether oxygens (including phenoxy) is 1. The molecule has 0 aliphatic carbocycles. The third-order valence-corrected chi connectivity index (χ3v) is 6.23. The van der Waals surface area contributed by atoms with Gasteiger partial charge >= 0.3 is 0 Å². The largest absolute Gasteiger partial charge is 0.461 e. The monoisotopic (exact) mass is 434 g/mol. The molecule has 0 bridgehead atoms. The molecule has 2 aromatic heterocycles. The number of hydrogen-bond acceptors (Lipinski definition) is 6. The summed E-state index contributed by atoms with van der Waals surface area (Å²) in [5, 5.41) is 14.4. The van der Waals surface area contributed by atoms with Crippen LogP contribution in [0.1, 0.15) is 12.8 Å². The van der Waals surface area contributed by atoms with Gasteiger partial charge < -0.3 is 14.5 Å². The van der Waals surface area contributed by atoms with Crippen molar-refractivity contribution in [1.29, 1.82) is 0 Å². The second kappa shape index (κ2) is 8.95. The van der Waals surface area contributed by atoms with Gasteiger partial charge in [-0.15, -0.1) is 10.2 Å². The van der Waals surface area contributed by atoms with E-state index in [9.17, 15) is 4.79 Å². The molecule has 0 radical (unpaired) electrons. The number of aromatic nitrogens is 3. The van der Waals surface area contributed by atoms with Gasteiger partial charge in [0, 0.05) is 17.7 Å². The number of furan rings is 1. The van der Waals surface area contributed by atoms with Crippen LogP contribution in [0.25, 0.3) is 22.4 Å². The molecule has 1 amide bonds. The molecule has 4 aromatic rings. The molecule has 3 heterocycles. The highest BCUT2D eigenvalue weighted by Gasteiger charge is 2.23. The lowest BCUT2D eigenvalue weighted by Crippen LogP contribution is -2.18. The predicted molar refractivity (Wildman–Crippen MR) is 120 cm³/mol. The van der Waals surface area contributed by atoms with Crippen LogP contribution in [-0.4, -0.2) is 39.1 Å². The first-order chi connectivity index (χ1) is 15.3. The molecule has 7 nitrogen and oxygen atoms in total. The lowest BCUT2D eigenvalue weighted by molar-refractivity contribution is -0.113. The summed E-state index contributed by atoms with van der Waals surface area (Å²) in [4.78, 5) is 12.7. The number of carbonyl (C=O) groups excluding carboxylic acids is 1. The molecule has 1 saturated heterocycles. The molecular weight excluding hydrogens is 412 g/mol. The van der Waals surface area contributed by atoms with Gasteiger partial charge in [0.2, 0.25) is 11.7 Å². The fraction of sp³-hybridized carbons (Fsp3) is 0.261. The molecule has 2 aromatic carbocycles. The third-order valence-electron chi connectivity index (χ3n) is 5.26. The number of carbonyl (C=O) groups is 1. The van der Waals surface area contributed by atoms with E-state index in [1.54, 1.807) is 6.26 Å². The highest BCUT2D eigenvalue weighted by atomic mass is 32.2. The van der Waals surface area contributed by atoms with Crippen molar-refractivity contribution in [2.75, 3.05) is 17.7 Å². The number of benzene rings is 2. The molecule has 0 spiro atoms. The molecule has 5 rings (SSSR count). The molecule has 1 aliphatic heterocycles. The van der Waals surface area contributed by atoms with Crippen molar-refractivity contribution >= 4 is 34.1 Å². The van der Waals surface area contributed by atoms with E-state index in [4.69, 9.17) is 9.15 Å². The Morgan fingerprint density at radius 2 is 2.03 bits per heavy atom. The van der Waals surface area contributed by atoms with Crippen molar-refractivity contribution in [1.82, 2.24) is 14.8 Å². The molecule has 8 heteroatoms. The van der Waals surface area contributed by atoms with Gasteiger partial charge in [0.15, 0.2) is 10.9 Å². The SMILES string of the molecule is O=C(CSc1nnc(-c2ccco2)n1CC1CCCO1)Nc1cccc2ccccc12. The first kappa shape index (κ1) is 19.8. The van der Waals surface area contributed by atoms with Gasteiger partial charge in [-0.3, -0.25) is 9.36 Å². The fourth-order valence-corrected chi connectivity index (χ4v) is 4.54. The molecule has 1 unspecified atom stereocenters. The number of nitrogens with one attached hydrogen (secondary N) is 1. The second-order valence-corrected chi connectivity index (χ2v) is 8.34. The number of anilines is 1. The van der Waals surface area contributed by atoms with Crippen molar-refractivity contribution in [2.45, 2.75) is 30.6 Å². The van der Waals surface area contributed by atoms with Crippen LogP contribution in [0.4, 0.5) is 5.69 Å². The van der Waals surface area contributed by atoms with Gasteiger partial charge in [-0.05, 0) is 36.4 Å². The van der Waals surface area contributed by atoms with E-state index >= 15 is 0 Å². The molecule has 0 saturated carbocycles. The van der Waals surface area contributed by atoms with E-state index < -0.39 is 0 Å². The van der Waals surface area contributed by atoms with Crippen LogP contribution in [0.5, 0.6) is 0 Å². The van der Waals surface area contributed by atoms with Crippen molar-refractivity contribution < 1.29 is 13.9 Å². The molecular formula is C23H22N4O3S. The van der Waals surface area contributed by atoms with E-state index in [2.05, 4.69) is 15.5 Å². The fourth-order valence-electron chi connectivity index (χ4n) is 3.79. The highest BCUT2D eigenvalue weighted by molar-refractivity contribution is 7.99. The molecule has 1 fully saturated rings. The van der Waals surface area contributed by atoms with E-state index in [0.717, 1.165) is 35.9 Å². The summed E-state index contributed by atoms with van der Waals surface area (Å²) in [7, 11) is 0. The van der Waals surface area contributed by atoms with Crippen LogP contribution < -0.4 is 5.32 Å². The first-order valence-electron chi connectivity index (χ1n) is 10.3. The van der Waals surface area contributed by atoms with Crippen LogP contribution in [0.2, 0.25) is 0 Å². The topological polar surface area (TPSA) is 82.2 Å². The number of amides is 1. The second-order valence-electron chi connectivity index (χ2n) is 7.39. The van der Waals surface area contributed by atoms with Crippen LogP contribution in [0.15, 0.2) is 70.4 Å². The average Bonchev–Trinajstić information content (AvgIpc) is 3.56. The van der Waals surface area contributed by atoms with Gasteiger partial charge in [0.1, 0.15) is 0 Å². The summed E-state index contributed by atoms with van der Waals surface area (Å²) in [6.45, 7) is 1.41. The Morgan fingerprint density at radius 1 is 1.13 bits per heavy atom. The van der Waals surface area contributed by atoms with Crippen LogP contribution >= 0.6 is 11.8 Å². The van der Waals surface area contributed by atoms with E-state index in [1.807, 2.05) is 59.2 Å². The molecule has 1 atom stereocenters. The minimum Gasteiger partial charge on any atom is -0.461 e. The summed E-state index contributed by atoms with van der Waals surface area (Å²) in [5.41, 5.74) is 0.806. The highest BCUT2D eigenvalue weighted by Crippen LogP contribution is 2.28. The number of rotatable bonds is 7. The summed E-state index contributed by atoms with van der Waals surface area (Å²) in [6, 6.07) is 17.6. The smallest absolute Gasteiger partial charge is 0.234 e. The van der Waals surface area contributed by atoms with Crippen molar-refractivity contribution in [3.05, 3.63) is 60.9 Å². The van der Waals surface area contributed by atoms with Crippen LogP contribution in [0.3, 0.4) is 0 Å². The van der Waals surface area contributed by atoms with Crippen molar-refractivity contribution in [2.24, 2.45) is 0 Å². The zero-order valence-corrected chi connectivity index (χ0v) is 17.7. The van der Waals surface area contributed by atoms with Gasteiger partial charge in [-0.1, -0.05) is 48.2 Å². The maximum Gasteiger partial charge on any atom is 0.234 e. The molecule has 1 aliphatic rings. The maximum atomic E-state index is 12.7. The van der Waals surface area contributed by atoms with E-state index in [-0.39, 0.29) is 17.8 Å². The zero-order valence-electron chi connectivity index (χ0n) is 16.9. The minimum absolute atomic E-state index is 0.0902. The van der Waals surface area contributed by atoms with Gasteiger partial charge in [0.25, 0.3) is 0 Å². The molecule has 1 N–H and O–H groups in total. The lowest BCUT2D eigenvalue weighted by Gasteiger charge is -2.14. The standard InChI is InChI=1S/C23H22N4O3S/c28-21(24-19-10-3-7-16-6-1-2-9-18(16)19)15-31-23-26-25-22(20-11-5-13-30-20)27(23)14-17-8-4-12-29-17/h1-3,5-7,9-11,13,17H,4,8,12,14-15H2,(H,24,28). The lowest BCUT2D eigenvalue weighted by atomic mass is 10.1. The molecule has 158 valence electrons. The Hall–Kier alpha value is -3.10. The number of fused-ring (bicyclic) bond motifs is 1. The number of thioether (sulfide) groups is 1.